The lowest BCUT2D eigenvalue weighted by Gasteiger charge is -2.30. The Morgan fingerprint density at radius 2 is 1.18 bits per heavy atom. The minimum Gasteiger partial charge on any atom is -0.456 e. The number of hydrogen-bond acceptors (Lipinski definition) is 3. The molecule has 0 N–H and O–H groups in total. The zero-order chi connectivity index (χ0) is 35.1. The average molecular weight is 680 g/mol. The van der Waals surface area contributed by atoms with Crippen LogP contribution in [0.2, 0.25) is 0 Å². The van der Waals surface area contributed by atoms with Crippen molar-refractivity contribution < 1.29 is 4.42 Å². The number of furan rings is 1. The van der Waals surface area contributed by atoms with Gasteiger partial charge in [0, 0.05) is 53.9 Å². The number of thiophene rings is 1. The predicted molar refractivity (Wildman–Crippen MR) is 222 cm³/mol. The van der Waals surface area contributed by atoms with Crippen LogP contribution >= 0.6 is 11.3 Å². The molecule has 0 aliphatic heterocycles. The van der Waals surface area contributed by atoms with E-state index in [9.17, 15) is 0 Å². The maximum absolute atomic E-state index is 6.60. The van der Waals surface area contributed by atoms with Crippen molar-refractivity contribution in [1.82, 2.24) is 0 Å². The number of anilines is 3. The first-order chi connectivity index (χ1) is 24.5. The first kappa shape index (κ1) is 31.6. The smallest absolute Gasteiger partial charge is 0.137 e. The maximum Gasteiger partial charge on any atom is 0.137 e. The van der Waals surface area contributed by atoms with Crippen LogP contribution in [0.25, 0.3) is 64.0 Å². The summed E-state index contributed by atoms with van der Waals surface area (Å²) in [6.07, 6.45) is 0. The van der Waals surface area contributed by atoms with Crippen LogP contribution in [0.1, 0.15) is 52.7 Å². The molecule has 0 atom stereocenters. The molecule has 0 fully saturated rings. The molecular weight excluding hydrogens is 639 g/mol. The Labute approximate surface area is 303 Å². The van der Waals surface area contributed by atoms with Gasteiger partial charge < -0.3 is 9.32 Å². The van der Waals surface area contributed by atoms with E-state index >= 15 is 0 Å². The molecule has 0 saturated heterocycles. The first-order valence-electron chi connectivity index (χ1n) is 17.8. The number of nitrogens with zero attached hydrogens (tertiary/aromatic N) is 1. The fraction of sp³-hybridized carbons (Fsp3) is 0.167. The second kappa shape index (κ2) is 11.6. The molecule has 250 valence electrons. The summed E-state index contributed by atoms with van der Waals surface area (Å²) in [6.45, 7) is 13.6. The van der Waals surface area contributed by atoms with Crippen molar-refractivity contribution in [2.45, 2.75) is 52.4 Å². The van der Waals surface area contributed by atoms with Crippen molar-refractivity contribution in [2.24, 2.45) is 0 Å². The number of rotatable bonds is 4. The van der Waals surface area contributed by atoms with Gasteiger partial charge in [-0.25, -0.2) is 0 Å². The van der Waals surface area contributed by atoms with Gasteiger partial charge in [0.1, 0.15) is 11.2 Å². The molecule has 0 unspecified atom stereocenters. The van der Waals surface area contributed by atoms with E-state index in [0.29, 0.717) is 0 Å². The highest BCUT2D eigenvalue weighted by Gasteiger charge is 2.24. The zero-order valence-corrected chi connectivity index (χ0v) is 30.9. The van der Waals surface area contributed by atoms with Gasteiger partial charge >= 0.3 is 0 Å². The minimum absolute atomic E-state index is 0.0478. The van der Waals surface area contributed by atoms with Crippen molar-refractivity contribution in [2.75, 3.05) is 4.90 Å². The van der Waals surface area contributed by atoms with E-state index in [0.717, 1.165) is 39.0 Å². The molecule has 3 heteroatoms. The molecule has 0 aliphatic rings. The molecule has 9 aromatic rings. The van der Waals surface area contributed by atoms with Crippen molar-refractivity contribution in [3.05, 3.63) is 151 Å². The Morgan fingerprint density at radius 3 is 1.96 bits per heavy atom. The molecule has 0 aliphatic carbocycles. The monoisotopic (exact) mass is 679 g/mol. The summed E-state index contributed by atoms with van der Waals surface area (Å²) in [5.74, 6) is 0. The maximum atomic E-state index is 6.60. The number of benzene rings is 7. The summed E-state index contributed by atoms with van der Waals surface area (Å²) in [6, 6.07) is 51.4. The fourth-order valence-corrected chi connectivity index (χ4v) is 8.75. The minimum atomic E-state index is 0.0478. The molecular formula is C48H41NOS. The Morgan fingerprint density at radius 1 is 0.490 bits per heavy atom. The SMILES string of the molecule is CC(C)(C)c1ccc(N(c2ccc3c(c2)oc2ccc(C(C)(C)C)cc23)c2ccc3ccccc3c2-c2cccc3sc4ccccc4c23)cc1. The second-order valence-corrected chi connectivity index (χ2v) is 16.9. The van der Waals surface area contributed by atoms with Gasteiger partial charge in [0.25, 0.3) is 0 Å². The average Bonchev–Trinajstić information content (AvgIpc) is 3.69. The number of fused-ring (bicyclic) bond motifs is 7. The molecule has 9 rings (SSSR count). The van der Waals surface area contributed by atoms with E-state index in [1.54, 1.807) is 0 Å². The number of hydrogen-bond donors (Lipinski definition) is 0. The van der Waals surface area contributed by atoms with Gasteiger partial charge in [0.2, 0.25) is 0 Å². The predicted octanol–water partition coefficient (Wildman–Crippen LogP) is 14.8. The van der Waals surface area contributed by atoms with E-state index in [4.69, 9.17) is 4.42 Å². The molecule has 2 nitrogen and oxygen atoms in total. The highest BCUT2D eigenvalue weighted by Crippen LogP contribution is 2.49. The van der Waals surface area contributed by atoms with E-state index in [-0.39, 0.29) is 10.8 Å². The quantitative estimate of drug-likeness (QED) is 0.184. The van der Waals surface area contributed by atoms with Crippen LogP contribution in [0.15, 0.2) is 144 Å². The zero-order valence-electron chi connectivity index (χ0n) is 30.0. The van der Waals surface area contributed by atoms with Gasteiger partial charge in [0.15, 0.2) is 0 Å². The standard InChI is InChI=1S/C48H41NOS/c1-47(2,3)31-19-22-33(23-20-31)49(34-24-25-36-39-28-32(48(4,5)6)21-27-41(39)50-42(36)29-34)40-26-18-30-12-7-8-13-35(30)45(40)38-15-11-17-44-46(38)37-14-9-10-16-43(37)51-44/h7-29H,1-6H3. The Kier molecular flexibility index (Phi) is 7.17. The third-order valence-electron chi connectivity index (χ3n) is 10.4. The van der Waals surface area contributed by atoms with Crippen molar-refractivity contribution in [3.8, 4) is 11.1 Å². The van der Waals surface area contributed by atoms with Crippen molar-refractivity contribution in [1.29, 1.82) is 0 Å². The molecule has 0 radical (unpaired) electrons. The van der Waals surface area contributed by atoms with E-state index < -0.39 is 0 Å². The lowest BCUT2D eigenvalue weighted by atomic mass is 9.86. The Bertz CT molecular complexity index is 2770. The molecule has 0 bridgehead atoms. The lowest BCUT2D eigenvalue weighted by Crippen LogP contribution is -2.14. The molecule has 7 aromatic carbocycles. The van der Waals surface area contributed by atoms with Gasteiger partial charge in [0.05, 0.1) is 5.69 Å². The summed E-state index contributed by atoms with van der Waals surface area (Å²) in [5.41, 5.74) is 10.3. The van der Waals surface area contributed by atoms with E-state index in [2.05, 4.69) is 186 Å². The topological polar surface area (TPSA) is 16.4 Å². The van der Waals surface area contributed by atoms with Crippen LogP contribution in [-0.4, -0.2) is 0 Å². The summed E-state index contributed by atoms with van der Waals surface area (Å²) in [7, 11) is 0. The van der Waals surface area contributed by atoms with Gasteiger partial charge in [-0.3, -0.25) is 0 Å². The van der Waals surface area contributed by atoms with Gasteiger partial charge in [-0.1, -0.05) is 120 Å². The lowest BCUT2D eigenvalue weighted by molar-refractivity contribution is 0.590. The molecule has 0 spiro atoms. The van der Waals surface area contributed by atoms with Crippen molar-refractivity contribution >= 4 is 81.3 Å². The molecule has 2 aromatic heterocycles. The molecule has 0 amide bonds. The molecule has 2 heterocycles. The van der Waals surface area contributed by atoms with Gasteiger partial charge in [-0.05, 0) is 92.9 Å². The largest absolute Gasteiger partial charge is 0.456 e. The van der Waals surface area contributed by atoms with Gasteiger partial charge in [-0.2, -0.15) is 0 Å². The van der Waals surface area contributed by atoms with Crippen LogP contribution in [0.3, 0.4) is 0 Å². The van der Waals surface area contributed by atoms with E-state index in [1.165, 1.54) is 53.2 Å². The van der Waals surface area contributed by atoms with Crippen molar-refractivity contribution in [3.63, 3.8) is 0 Å². The molecule has 51 heavy (non-hydrogen) atoms. The second-order valence-electron chi connectivity index (χ2n) is 15.8. The normalized spacial score (nSPS) is 12.5. The van der Waals surface area contributed by atoms with Crippen LogP contribution in [0, 0.1) is 0 Å². The highest BCUT2D eigenvalue weighted by atomic mass is 32.1. The van der Waals surface area contributed by atoms with Crippen LogP contribution < -0.4 is 4.90 Å². The summed E-state index contributed by atoms with van der Waals surface area (Å²) in [4.78, 5) is 2.43. The van der Waals surface area contributed by atoms with Crippen LogP contribution in [0.5, 0.6) is 0 Å². The third-order valence-corrected chi connectivity index (χ3v) is 11.5. The van der Waals surface area contributed by atoms with Gasteiger partial charge in [-0.15, -0.1) is 11.3 Å². The first-order valence-corrected chi connectivity index (χ1v) is 18.7. The van der Waals surface area contributed by atoms with Crippen LogP contribution in [0.4, 0.5) is 17.1 Å². The van der Waals surface area contributed by atoms with E-state index in [1.807, 2.05) is 11.3 Å². The van der Waals surface area contributed by atoms with Crippen LogP contribution in [-0.2, 0) is 10.8 Å². The highest BCUT2D eigenvalue weighted by molar-refractivity contribution is 7.25. The molecule has 0 saturated carbocycles. The summed E-state index contributed by atoms with van der Waals surface area (Å²) < 4.78 is 9.21. The Hall–Kier alpha value is -5.38. The summed E-state index contributed by atoms with van der Waals surface area (Å²) >= 11 is 1.87. The Balaban J connectivity index is 1.34. The summed E-state index contributed by atoms with van der Waals surface area (Å²) in [5, 5.41) is 7.35. The third kappa shape index (κ3) is 5.30. The fourth-order valence-electron chi connectivity index (χ4n) is 7.62.